The van der Waals surface area contributed by atoms with Crippen molar-refractivity contribution in [2.75, 3.05) is 31.8 Å². The monoisotopic (exact) mass is 242 g/mol. The minimum atomic E-state index is 0.655. The van der Waals surface area contributed by atoms with Gasteiger partial charge in [0.15, 0.2) is 0 Å². The Labute approximate surface area is 108 Å². The quantitative estimate of drug-likeness (QED) is 0.841. The molecule has 0 saturated heterocycles. The summed E-state index contributed by atoms with van der Waals surface area (Å²) < 4.78 is 5.27. The van der Waals surface area contributed by atoms with Gasteiger partial charge < -0.3 is 15.4 Å². The molecule has 94 valence electrons. The molecule has 18 heavy (non-hydrogen) atoms. The molecule has 2 aromatic rings. The SMILES string of the molecule is COc1cc(N(C)C)c(-c2ccccc2)cc1N. The second-order valence-electron chi connectivity index (χ2n) is 4.37. The number of nitrogen functional groups attached to an aromatic ring is 1. The minimum Gasteiger partial charge on any atom is -0.495 e. The molecule has 0 aromatic heterocycles. The standard InChI is InChI=1S/C15H18N2O/c1-17(2)14-10-15(18-3)13(16)9-12(14)11-7-5-4-6-8-11/h4-10H,16H2,1-3H3. The summed E-state index contributed by atoms with van der Waals surface area (Å²) in [5, 5.41) is 0. The molecule has 0 heterocycles. The first-order valence-corrected chi connectivity index (χ1v) is 5.83. The average molecular weight is 242 g/mol. The van der Waals surface area contributed by atoms with Crippen molar-refractivity contribution in [3.8, 4) is 16.9 Å². The lowest BCUT2D eigenvalue weighted by molar-refractivity contribution is 0.417. The van der Waals surface area contributed by atoms with Crippen LogP contribution in [0.3, 0.4) is 0 Å². The van der Waals surface area contributed by atoms with Crippen molar-refractivity contribution in [2.45, 2.75) is 0 Å². The van der Waals surface area contributed by atoms with Gasteiger partial charge in [-0.3, -0.25) is 0 Å². The molecule has 0 radical (unpaired) electrons. The lowest BCUT2D eigenvalue weighted by Gasteiger charge is -2.20. The zero-order chi connectivity index (χ0) is 13.1. The smallest absolute Gasteiger partial charge is 0.143 e. The van der Waals surface area contributed by atoms with Crippen LogP contribution in [0.2, 0.25) is 0 Å². The van der Waals surface area contributed by atoms with Gasteiger partial charge in [-0.15, -0.1) is 0 Å². The molecular weight excluding hydrogens is 224 g/mol. The number of hydrogen-bond acceptors (Lipinski definition) is 3. The first-order chi connectivity index (χ1) is 8.63. The molecule has 2 N–H and O–H groups in total. The van der Waals surface area contributed by atoms with Gasteiger partial charge in [0.05, 0.1) is 12.8 Å². The summed E-state index contributed by atoms with van der Waals surface area (Å²) in [6.45, 7) is 0. The van der Waals surface area contributed by atoms with Crippen molar-refractivity contribution in [1.29, 1.82) is 0 Å². The predicted octanol–water partition coefficient (Wildman–Crippen LogP) is 3.01. The summed E-state index contributed by atoms with van der Waals surface area (Å²) in [5.41, 5.74) is 10.00. The van der Waals surface area contributed by atoms with Gasteiger partial charge in [-0.2, -0.15) is 0 Å². The van der Waals surface area contributed by atoms with Gasteiger partial charge in [0, 0.05) is 31.4 Å². The number of rotatable bonds is 3. The molecule has 0 amide bonds. The number of hydrogen-bond donors (Lipinski definition) is 1. The Morgan fingerprint density at radius 1 is 1.06 bits per heavy atom. The van der Waals surface area contributed by atoms with E-state index in [0.29, 0.717) is 11.4 Å². The summed E-state index contributed by atoms with van der Waals surface area (Å²) in [6, 6.07) is 14.1. The molecule has 0 bridgehead atoms. The largest absolute Gasteiger partial charge is 0.495 e. The number of methoxy groups -OCH3 is 1. The van der Waals surface area contributed by atoms with Crippen molar-refractivity contribution < 1.29 is 4.74 Å². The molecule has 0 atom stereocenters. The molecule has 0 unspecified atom stereocenters. The summed E-state index contributed by atoms with van der Waals surface area (Å²) in [7, 11) is 5.65. The Balaban J connectivity index is 2.63. The van der Waals surface area contributed by atoms with Crippen LogP contribution < -0.4 is 15.4 Å². The number of nitrogens with two attached hydrogens (primary N) is 1. The van der Waals surface area contributed by atoms with E-state index in [9.17, 15) is 0 Å². The summed E-state index contributed by atoms with van der Waals surface area (Å²) in [4.78, 5) is 2.06. The van der Waals surface area contributed by atoms with E-state index in [1.165, 1.54) is 0 Å². The normalized spacial score (nSPS) is 10.2. The molecule has 2 aromatic carbocycles. The van der Waals surface area contributed by atoms with Crippen LogP contribution >= 0.6 is 0 Å². The third-order valence-electron chi connectivity index (χ3n) is 2.91. The highest BCUT2D eigenvalue weighted by atomic mass is 16.5. The van der Waals surface area contributed by atoms with Gasteiger partial charge in [0.1, 0.15) is 5.75 Å². The van der Waals surface area contributed by atoms with Gasteiger partial charge in [0.2, 0.25) is 0 Å². The van der Waals surface area contributed by atoms with Crippen LogP contribution in [0.4, 0.5) is 11.4 Å². The minimum absolute atomic E-state index is 0.655. The number of anilines is 2. The fourth-order valence-corrected chi connectivity index (χ4v) is 1.98. The highest BCUT2D eigenvalue weighted by Gasteiger charge is 2.11. The van der Waals surface area contributed by atoms with Crippen molar-refractivity contribution in [3.05, 3.63) is 42.5 Å². The van der Waals surface area contributed by atoms with E-state index < -0.39 is 0 Å². The van der Waals surface area contributed by atoms with E-state index in [1.807, 2.05) is 44.4 Å². The molecule has 0 saturated carbocycles. The average Bonchev–Trinajstić information content (AvgIpc) is 2.39. The summed E-state index contributed by atoms with van der Waals surface area (Å²) in [6.07, 6.45) is 0. The maximum atomic E-state index is 5.99. The first kappa shape index (κ1) is 12.3. The Kier molecular flexibility index (Phi) is 3.42. The fraction of sp³-hybridized carbons (Fsp3) is 0.200. The van der Waals surface area contributed by atoms with Crippen molar-refractivity contribution in [3.63, 3.8) is 0 Å². The lowest BCUT2D eigenvalue weighted by atomic mass is 10.0. The molecule has 0 aliphatic heterocycles. The van der Waals surface area contributed by atoms with Gasteiger partial charge in [-0.25, -0.2) is 0 Å². The van der Waals surface area contributed by atoms with E-state index in [2.05, 4.69) is 17.0 Å². The molecule has 0 spiro atoms. The highest BCUT2D eigenvalue weighted by molar-refractivity contribution is 5.83. The maximum absolute atomic E-state index is 5.99. The first-order valence-electron chi connectivity index (χ1n) is 5.83. The third-order valence-corrected chi connectivity index (χ3v) is 2.91. The topological polar surface area (TPSA) is 38.5 Å². The summed E-state index contributed by atoms with van der Waals surface area (Å²) >= 11 is 0. The van der Waals surface area contributed by atoms with Gasteiger partial charge >= 0.3 is 0 Å². The zero-order valence-electron chi connectivity index (χ0n) is 11.0. The molecular formula is C15H18N2O. The van der Waals surface area contributed by atoms with Crippen molar-refractivity contribution in [2.24, 2.45) is 0 Å². The molecule has 3 heteroatoms. The van der Waals surface area contributed by atoms with E-state index >= 15 is 0 Å². The Bertz CT molecular complexity index is 536. The van der Waals surface area contributed by atoms with Crippen LogP contribution in [-0.4, -0.2) is 21.2 Å². The molecule has 3 nitrogen and oxygen atoms in total. The summed E-state index contributed by atoms with van der Waals surface area (Å²) in [5.74, 6) is 0.707. The predicted molar refractivity (Wildman–Crippen MR) is 77.2 cm³/mol. The maximum Gasteiger partial charge on any atom is 0.143 e. The van der Waals surface area contributed by atoms with Crippen LogP contribution in [0, 0.1) is 0 Å². The van der Waals surface area contributed by atoms with E-state index in [0.717, 1.165) is 16.8 Å². The second-order valence-corrected chi connectivity index (χ2v) is 4.37. The molecule has 0 fully saturated rings. The van der Waals surface area contributed by atoms with Crippen LogP contribution in [0.15, 0.2) is 42.5 Å². The Morgan fingerprint density at radius 2 is 1.72 bits per heavy atom. The van der Waals surface area contributed by atoms with Crippen LogP contribution in [0.5, 0.6) is 5.75 Å². The highest BCUT2D eigenvalue weighted by Crippen LogP contribution is 2.37. The third kappa shape index (κ3) is 2.25. The number of benzene rings is 2. The zero-order valence-corrected chi connectivity index (χ0v) is 11.0. The van der Waals surface area contributed by atoms with E-state index in [4.69, 9.17) is 10.5 Å². The van der Waals surface area contributed by atoms with Crippen LogP contribution in [0.1, 0.15) is 0 Å². The van der Waals surface area contributed by atoms with E-state index in [1.54, 1.807) is 7.11 Å². The van der Waals surface area contributed by atoms with Gasteiger partial charge in [0.25, 0.3) is 0 Å². The Hall–Kier alpha value is -2.16. The molecule has 2 rings (SSSR count). The van der Waals surface area contributed by atoms with Crippen molar-refractivity contribution >= 4 is 11.4 Å². The van der Waals surface area contributed by atoms with Gasteiger partial charge in [-0.1, -0.05) is 30.3 Å². The van der Waals surface area contributed by atoms with Crippen LogP contribution in [0.25, 0.3) is 11.1 Å². The van der Waals surface area contributed by atoms with Crippen LogP contribution in [-0.2, 0) is 0 Å². The van der Waals surface area contributed by atoms with E-state index in [-0.39, 0.29) is 0 Å². The Morgan fingerprint density at radius 3 is 2.28 bits per heavy atom. The second kappa shape index (κ2) is 5.00. The number of ether oxygens (including phenoxy) is 1. The van der Waals surface area contributed by atoms with Crippen molar-refractivity contribution in [1.82, 2.24) is 0 Å². The fourth-order valence-electron chi connectivity index (χ4n) is 1.98. The number of nitrogens with zero attached hydrogens (tertiary/aromatic N) is 1. The lowest BCUT2D eigenvalue weighted by Crippen LogP contribution is -2.10. The molecule has 0 aliphatic carbocycles. The molecule has 0 aliphatic rings. The van der Waals surface area contributed by atoms with Gasteiger partial charge in [-0.05, 0) is 11.6 Å².